The summed E-state index contributed by atoms with van der Waals surface area (Å²) in [6, 6.07) is 7.13. The Bertz CT molecular complexity index is 1440. The van der Waals surface area contributed by atoms with Gasteiger partial charge in [-0.05, 0) is 68.1 Å². The van der Waals surface area contributed by atoms with E-state index < -0.39 is 34.9 Å². The Labute approximate surface area is 254 Å². The van der Waals surface area contributed by atoms with E-state index in [2.05, 4.69) is 9.88 Å². The molecule has 0 radical (unpaired) electrons. The zero-order valence-corrected chi connectivity index (χ0v) is 24.7. The third-order valence-corrected chi connectivity index (χ3v) is 8.83. The fourth-order valence-corrected chi connectivity index (χ4v) is 6.12. The summed E-state index contributed by atoms with van der Waals surface area (Å²) in [5.74, 6) is -4.55. The van der Waals surface area contributed by atoms with Gasteiger partial charge in [0.05, 0.1) is 37.4 Å². The molecule has 5 rings (SSSR count). The van der Waals surface area contributed by atoms with Crippen LogP contribution >= 0.6 is 0 Å². The molecule has 1 aromatic heterocycles. The summed E-state index contributed by atoms with van der Waals surface area (Å²) in [7, 11) is 1.58. The first-order valence-electron chi connectivity index (χ1n) is 14.9. The van der Waals surface area contributed by atoms with Crippen molar-refractivity contribution >= 4 is 16.9 Å². The number of piperidine rings is 1. The first-order valence-corrected chi connectivity index (χ1v) is 14.9. The quantitative estimate of drug-likeness (QED) is 0.283. The van der Waals surface area contributed by atoms with E-state index in [1.807, 2.05) is 23.1 Å². The molecule has 3 aromatic rings. The topological polar surface area (TPSA) is 105 Å². The summed E-state index contributed by atoms with van der Waals surface area (Å²) >= 11 is 0. The zero-order valence-electron chi connectivity index (χ0n) is 24.7. The molecule has 2 aliphatic heterocycles. The van der Waals surface area contributed by atoms with Gasteiger partial charge in [-0.3, -0.25) is 19.6 Å². The van der Waals surface area contributed by atoms with Crippen molar-refractivity contribution in [3.63, 3.8) is 0 Å². The van der Waals surface area contributed by atoms with Crippen LogP contribution < -0.4 is 9.47 Å². The lowest BCUT2D eigenvalue weighted by molar-refractivity contribution is -0.153. The minimum atomic E-state index is -1.55. The number of halogens is 3. The number of carbonyl (C=O) groups is 1. The summed E-state index contributed by atoms with van der Waals surface area (Å²) in [4.78, 5) is 21.5. The van der Waals surface area contributed by atoms with Crippen LogP contribution in [0.1, 0.15) is 42.9 Å². The SMILES string of the molecule is COc1ccc2ncc(CN3CCOCC3)c(C(O)CCC3(C(=O)O)CCN(CCOc4cc(F)c(F)c(F)c4)CC3)c2c1. The van der Waals surface area contributed by atoms with Gasteiger partial charge in [-0.2, -0.15) is 0 Å². The Morgan fingerprint density at radius 3 is 2.41 bits per heavy atom. The average molecular weight is 618 g/mol. The van der Waals surface area contributed by atoms with Gasteiger partial charge >= 0.3 is 5.97 Å². The fourth-order valence-electron chi connectivity index (χ4n) is 6.12. The standard InChI is InChI=1S/C32H38F3N3O6/c1-42-22-2-3-27-24(16-22)29(21(19-36-27)20-38-10-13-43-14-11-38)28(39)4-5-32(31(40)41)6-8-37(9-7-32)12-15-44-23-17-25(33)30(35)26(34)18-23/h2-3,16-19,28,39H,4-15,20H2,1H3,(H,40,41). The maximum absolute atomic E-state index is 13.5. The summed E-state index contributed by atoms with van der Waals surface area (Å²) < 4.78 is 56.5. The number of hydrogen-bond acceptors (Lipinski definition) is 8. The van der Waals surface area contributed by atoms with Gasteiger partial charge in [0, 0.05) is 49.9 Å². The van der Waals surface area contributed by atoms with E-state index in [4.69, 9.17) is 14.2 Å². The second-order valence-corrected chi connectivity index (χ2v) is 11.5. The molecule has 2 fully saturated rings. The van der Waals surface area contributed by atoms with Crippen molar-refractivity contribution in [2.45, 2.75) is 38.3 Å². The number of aromatic nitrogens is 1. The number of fused-ring (bicyclic) bond motifs is 1. The molecule has 3 heterocycles. The highest BCUT2D eigenvalue weighted by Gasteiger charge is 2.41. The molecule has 2 aromatic carbocycles. The number of methoxy groups -OCH3 is 1. The molecule has 0 bridgehead atoms. The molecule has 12 heteroatoms. The smallest absolute Gasteiger partial charge is 0.309 e. The van der Waals surface area contributed by atoms with Gasteiger partial charge < -0.3 is 24.4 Å². The molecule has 2 saturated heterocycles. The Kier molecular flexibility index (Phi) is 10.2. The van der Waals surface area contributed by atoms with Crippen molar-refractivity contribution in [3.05, 3.63) is 65.1 Å². The van der Waals surface area contributed by atoms with Crippen molar-refractivity contribution in [2.24, 2.45) is 5.41 Å². The van der Waals surface area contributed by atoms with E-state index in [9.17, 15) is 28.2 Å². The molecule has 2 N–H and O–H groups in total. The van der Waals surface area contributed by atoms with Crippen LogP contribution in [0.3, 0.4) is 0 Å². The Hall–Kier alpha value is -3.45. The van der Waals surface area contributed by atoms with Crippen molar-refractivity contribution in [3.8, 4) is 11.5 Å². The number of carboxylic acids is 1. The molecule has 1 unspecified atom stereocenters. The molecule has 0 spiro atoms. The Balaban J connectivity index is 1.25. The summed E-state index contributed by atoms with van der Waals surface area (Å²) in [6.45, 7) is 4.89. The second-order valence-electron chi connectivity index (χ2n) is 11.5. The van der Waals surface area contributed by atoms with Crippen LogP contribution in [0.5, 0.6) is 11.5 Å². The van der Waals surface area contributed by atoms with Crippen molar-refractivity contribution in [1.29, 1.82) is 0 Å². The van der Waals surface area contributed by atoms with Gasteiger partial charge in [0.25, 0.3) is 0 Å². The number of pyridine rings is 1. The fraction of sp³-hybridized carbons (Fsp3) is 0.500. The Morgan fingerprint density at radius 2 is 1.75 bits per heavy atom. The molecule has 0 aliphatic carbocycles. The molecule has 0 saturated carbocycles. The average Bonchev–Trinajstić information content (AvgIpc) is 3.03. The minimum Gasteiger partial charge on any atom is -0.497 e. The van der Waals surface area contributed by atoms with Crippen LogP contribution in [0.25, 0.3) is 10.9 Å². The summed E-state index contributed by atoms with van der Waals surface area (Å²) in [5.41, 5.74) is 1.34. The third kappa shape index (κ3) is 7.26. The number of morpholine rings is 1. The number of nitrogens with zero attached hydrogens (tertiary/aromatic N) is 3. The van der Waals surface area contributed by atoms with Gasteiger partial charge in [0.2, 0.25) is 0 Å². The van der Waals surface area contributed by atoms with Crippen molar-refractivity contribution in [2.75, 3.05) is 59.7 Å². The van der Waals surface area contributed by atoms with E-state index in [0.29, 0.717) is 58.0 Å². The lowest BCUT2D eigenvalue weighted by Crippen LogP contribution is -2.45. The summed E-state index contributed by atoms with van der Waals surface area (Å²) in [6.07, 6.45) is 2.17. The minimum absolute atomic E-state index is 0.105. The van der Waals surface area contributed by atoms with Crippen LogP contribution in [0.2, 0.25) is 0 Å². The number of benzene rings is 2. The number of rotatable bonds is 12. The van der Waals surface area contributed by atoms with E-state index in [1.165, 1.54) is 0 Å². The van der Waals surface area contributed by atoms with Gasteiger partial charge in [-0.25, -0.2) is 13.2 Å². The third-order valence-electron chi connectivity index (χ3n) is 8.83. The highest BCUT2D eigenvalue weighted by molar-refractivity contribution is 5.85. The lowest BCUT2D eigenvalue weighted by Gasteiger charge is -2.39. The van der Waals surface area contributed by atoms with E-state index in [-0.39, 0.29) is 25.2 Å². The van der Waals surface area contributed by atoms with Gasteiger partial charge in [-0.15, -0.1) is 0 Å². The van der Waals surface area contributed by atoms with Crippen LogP contribution in [-0.2, 0) is 16.1 Å². The maximum atomic E-state index is 13.5. The molecule has 238 valence electrons. The summed E-state index contributed by atoms with van der Waals surface area (Å²) in [5, 5.41) is 22.7. The molecule has 9 nitrogen and oxygen atoms in total. The van der Waals surface area contributed by atoms with Crippen molar-refractivity contribution < 1.29 is 42.4 Å². The molecular formula is C32H38F3N3O6. The highest BCUT2D eigenvalue weighted by atomic mass is 19.2. The first kappa shape index (κ1) is 32.0. The number of ether oxygens (including phenoxy) is 3. The largest absolute Gasteiger partial charge is 0.497 e. The number of aliphatic carboxylic acids is 1. The zero-order chi connectivity index (χ0) is 31.3. The van der Waals surface area contributed by atoms with Gasteiger partial charge in [-0.1, -0.05) is 0 Å². The molecule has 44 heavy (non-hydrogen) atoms. The second kappa shape index (κ2) is 14.1. The number of likely N-dealkylation sites (tertiary alicyclic amines) is 1. The van der Waals surface area contributed by atoms with Gasteiger partial charge in [0.1, 0.15) is 18.1 Å². The highest BCUT2D eigenvalue weighted by Crippen LogP contribution is 2.40. The predicted molar refractivity (Wildman–Crippen MR) is 156 cm³/mol. The molecular weight excluding hydrogens is 579 g/mol. The number of aliphatic hydroxyl groups excluding tert-OH is 1. The Morgan fingerprint density at radius 1 is 1.05 bits per heavy atom. The molecule has 1 atom stereocenters. The van der Waals surface area contributed by atoms with Crippen LogP contribution in [0.15, 0.2) is 36.5 Å². The van der Waals surface area contributed by atoms with E-state index >= 15 is 0 Å². The van der Waals surface area contributed by atoms with E-state index in [0.717, 1.165) is 47.3 Å². The first-order chi connectivity index (χ1) is 21.2. The van der Waals surface area contributed by atoms with E-state index in [1.54, 1.807) is 13.3 Å². The maximum Gasteiger partial charge on any atom is 0.309 e. The lowest BCUT2D eigenvalue weighted by atomic mass is 9.74. The van der Waals surface area contributed by atoms with Crippen LogP contribution in [0, 0.1) is 22.9 Å². The number of carboxylic acid groups (broad SMARTS) is 1. The van der Waals surface area contributed by atoms with Crippen LogP contribution in [-0.4, -0.2) is 90.6 Å². The monoisotopic (exact) mass is 617 g/mol. The number of aliphatic hydroxyl groups is 1. The number of hydrogen-bond donors (Lipinski definition) is 2. The normalized spacial score (nSPS) is 18.3. The van der Waals surface area contributed by atoms with Crippen molar-refractivity contribution in [1.82, 2.24) is 14.8 Å². The molecule has 0 amide bonds. The molecule has 2 aliphatic rings. The van der Waals surface area contributed by atoms with Crippen LogP contribution in [0.4, 0.5) is 13.2 Å². The predicted octanol–water partition coefficient (Wildman–Crippen LogP) is 4.55. The van der Waals surface area contributed by atoms with Gasteiger partial charge in [0.15, 0.2) is 17.5 Å².